The average molecular weight is 253 g/mol. The topological polar surface area (TPSA) is 35.6 Å². The highest BCUT2D eigenvalue weighted by molar-refractivity contribution is 5.84. The van der Waals surface area contributed by atoms with E-state index < -0.39 is 0 Å². The SMILES string of the molecule is CCCC1NC(CC)C(=O)N1CCN1CCCC1. The van der Waals surface area contributed by atoms with Crippen LogP contribution in [0.1, 0.15) is 46.0 Å². The summed E-state index contributed by atoms with van der Waals surface area (Å²) in [5.41, 5.74) is 0. The summed E-state index contributed by atoms with van der Waals surface area (Å²) in [6, 6.07) is 0.0557. The van der Waals surface area contributed by atoms with Gasteiger partial charge in [-0.1, -0.05) is 20.3 Å². The van der Waals surface area contributed by atoms with Crippen LogP contribution in [0.3, 0.4) is 0 Å². The van der Waals surface area contributed by atoms with Crippen molar-refractivity contribution in [3.05, 3.63) is 0 Å². The van der Waals surface area contributed by atoms with Crippen LogP contribution in [0.15, 0.2) is 0 Å². The van der Waals surface area contributed by atoms with Gasteiger partial charge < -0.3 is 9.80 Å². The van der Waals surface area contributed by atoms with Crippen LogP contribution in [-0.2, 0) is 4.79 Å². The minimum Gasteiger partial charge on any atom is -0.325 e. The van der Waals surface area contributed by atoms with Crippen LogP contribution >= 0.6 is 0 Å². The molecule has 104 valence electrons. The highest BCUT2D eigenvalue weighted by Gasteiger charge is 2.36. The molecule has 0 saturated carbocycles. The summed E-state index contributed by atoms with van der Waals surface area (Å²) in [5.74, 6) is 0.315. The third-order valence-corrected chi connectivity index (χ3v) is 4.18. The Morgan fingerprint density at radius 3 is 2.56 bits per heavy atom. The van der Waals surface area contributed by atoms with Crippen molar-refractivity contribution in [1.29, 1.82) is 0 Å². The van der Waals surface area contributed by atoms with Crippen molar-refractivity contribution >= 4 is 5.91 Å². The number of nitrogens with zero attached hydrogens (tertiary/aromatic N) is 2. The van der Waals surface area contributed by atoms with E-state index in [9.17, 15) is 4.79 Å². The van der Waals surface area contributed by atoms with Crippen LogP contribution in [0, 0.1) is 0 Å². The van der Waals surface area contributed by atoms with Crippen LogP contribution in [0.4, 0.5) is 0 Å². The summed E-state index contributed by atoms with van der Waals surface area (Å²) in [7, 11) is 0. The number of nitrogens with one attached hydrogen (secondary N) is 1. The normalized spacial score (nSPS) is 29.4. The molecule has 1 N–H and O–H groups in total. The summed E-state index contributed by atoms with van der Waals surface area (Å²) < 4.78 is 0. The molecule has 2 unspecified atom stereocenters. The Bertz CT molecular complexity index is 276. The van der Waals surface area contributed by atoms with Gasteiger partial charge in [0.25, 0.3) is 0 Å². The Balaban J connectivity index is 1.87. The van der Waals surface area contributed by atoms with Crippen LogP contribution in [0.5, 0.6) is 0 Å². The lowest BCUT2D eigenvalue weighted by Gasteiger charge is -2.26. The monoisotopic (exact) mass is 253 g/mol. The largest absolute Gasteiger partial charge is 0.325 e. The number of hydrogen-bond acceptors (Lipinski definition) is 3. The Kier molecular flexibility index (Phi) is 5.01. The molecule has 0 bridgehead atoms. The summed E-state index contributed by atoms with van der Waals surface area (Å²) in [5, 5.41) is 3.47. The van der Waals surface area contributed by atoms with E-state index in [0.717, 1.165) is 32.4 Å². The van der Waals surface area contributed by atoms with Gasteiger partial charge >= 0.3 is 0 Å². The molecular weight excluding hydrogens is 226 g/mol. The first-order valence-corrected chi connectivity index (χ1v) is 7.55. The van der Waals surface area contributed by atoms with E-state index in [4.69, 9.17) is 0 Å². The quantitative estimate of drug-likeness (QED) is 0.777. The molecule has 2 aliphatic heterocycles. The number of amides is 1. The van der Waals surface area contributed by atoms with Crippen LogP contribution in [0.2, 0.25) is 0 Å². The Hall–Kier alpha value is -0.610. The van der Waals surface area contributed by atoms with Crippen LogP contribution in [-0.4, -0.2) is 54.1 Å². The fraction of sp³-hybridized carbons (Fsp3) is 0.929. The molecule has 2 heterocycles. The molecule has 0 aromatic rings. The lowest BCUT2D eigenvalue weighted by Crippen LogP contribution is -2.41. The van der Waals surface area contributed by atoms with E-state index in [1.165, 1.54) is 25.9 Å². The molecule has 2 atom stereocenters. The van der Waals surface area contributed by atoms with Gasteiger partial charge in [0.2, 0.25) is 5.91 Å². The maximum Gasteiger partial charge on any atom is 0.241 e. The van der Waals surface area contributed by atoms with E-state index in [2.05, 4.69) is 29.0 Å². The van der Waals surface area contributed by atoms with Gasteiger partial charge in [0.1, 0.15) is 0 Å². The van der Waals surface area contributed by atoms with Gasteiger partial charge in [-0.3, -0.25) is 10.1 Å². The second-order valence-electron chi connectivity index (χ2n) is 5.51. The summed E-state index contributed by atoms with van der Waals surface area (Å²) >= 11 is 0. The first-order valence-electron chi connectivity index (χ1n) is 7.55. The van der Waals surface area contributed by atoms with Crippen molar-refractivity contribution in [3.63, 3.8) is 0 Å². The molecule has 0 spiro atoms. The zero-order valence-corrected chi connectivity index (χ0v) is 11.8. The lowest BCUT2D eigenvalue weighted by atomic mass is 10.2. The third kappa shape index (κ3) is 3.04. The second kappa shape index (κ2) is 6.53. The first kappa shape index (κ1) is 13.8. The second-order valence-corrected chi connectivity index (χ2v) is 5.51. The van der Waals surface area contributed by atoms with Gasteiger partial charge in [-0.05, 0) is 38.8 Å². The summed E-state index contributed by atoms with van der Waals surface area (Å²) in [4.78, 5) is 16.8. The zero-order valence-electron chi connectivity index (χ0n) is 11.8. The van der Waals surface area contributed by atoms with Crippen molar-refractivity contribution in [3.8, 4) is 0 Å². The Morgan fingerprint density at radius 1 is 1.22 bits per heavy atom. The predicted octanol–water partition coefficient (Wildman–Crippen LogP) is 1.42. The molecule has 0 aromatic carbocycles. The number of hydrogen-bond donors (Lipinski definition) is 1. The predicted molar refractivity (Wildman–Crippen MR) is 73.3 cm³/mol. The van der Waals surface area contributed by atoms with Crippen LogP contribution in [0.25, 0.3) is 0 Å². The number of likely N-dealkylation sites (tertiary alicyclic amines) is 1. The molecular formula is C14H27N3O. The van der Waals surface area contributed by atoms with Crippen molar-refractivity contribution < 1.29 is 4.79 Å². The van der Waals surface area contributed by atoms with Gasteiger partial charge in [0, 0.05) is 13.1 Å². The number of carbonyl (C=O) groups excluding carboxylic acids is 1. The van der Waals surface area contributed by atoms with Gasteiger partial charge in [-0.15, -0.1) is 0 Å². The van der Waals surface area contributed by atoms with Crippen molar-refractivity contribution in [2.45, 2.75) is 58.2 Å². The van der Waals surface area contributed by atoms with E-state index in [1.807, 2.05) is 0 Å². The molecule has 4 heteroatoms. The molecule has 18 heavy (non-hydrogen) atoms. The highest BCUT2D eigenvalue weighted by Crippen LogP contribution is 2.17. The van der Waals surface area contributed by atoms with Gasteiger partial charge in [0.05, 0.1) is 12.2 Å². The molecule has 2 saturated heterocycles. The molecule has 0 aromatic heterocycles. The maximum atomic E-state index is 12.3. The van der Waals surface area contributed by atoms with E-state index in [0.29, 0.717) is 5.91 Å². The molecule has 0 radical (unpaired) electrons. The minimum absolute atomic E-state index is 0.0557. The first-order chi connectivity index (χ1) is 8.76. The van der Waals surface area contributed by atoms with Crippen molar-refractivity contribution in [2.24, 2.45) is 0 Å². The van der Waals surface area contributed by atoms with Crippen molar-refractivity contribution in [1.82, 2.24) is 15.1 Å². The molecule has 4 nitrogen and oxygen atoms in total. The van der Waals surface area contributed by atoms with E-state index in [-0.39, 0.29) is 12.2 Å². The summed E-state index contributed by atoms with van der Waals surface area (Å²) in [6.07, 6.45) is 6.02. The average Bonchev–Trinajstić information content (AvgIpc) is 2.97. The van der Waals surface area contributed by atoms with Gasteiger partial charge in [-0.25, -0.2) is 0 Å². The third-order valence-electron chi connectivity index (χ3n) is 4.18. The number of carbonyl (C=O) groups is 1. The molecule has 1 amide bonds. The zero-order chi connectivity index (χ0) is 13.0. The lowest BCUT2D eigenvalue weighted by molar-refractivity contribution is -0.130. The smallest absolute Gasteiger partial charge is 0.241 e. The van der Waals surface area contributed by atoms with Crippen LogP contribution < -0.4 is 5.32 Å². The van der Waals surface area contributed by atoms with Crippen molar-refractivity contribution in [2.75, 3.05) is 26.2 Å². The molecule has 2 fully saturated rings. The Labute approximate surface area is 111 Å². The van der Waals surface area contributed by atoms with Gasteiger partial charge in [0.15, 0.2) is 0 Å². The van der Waals surface area contributed by atoms with Gasteiger partial charge in [-0.2, -0.15) is 0 Å². The minimum atomic E-state index is 0.0557. The summed E-state index contributed by atoms with van der Waals surface area (Å²) in [6.45, 7) is 8.64. The molecule has 2 rings (SSSR count). The maximum absolute atomic E-state index is 12.3. The molecule has 2 aliphatic rings. The Morgan fingerprint density at radius 2 is 1.94 bits per heavy atom. The number of rotatable bonds is 6. The van der Waals surface area contributed by atoms with E-state index >= 15 is 0 Å². The van der Waals surface area contributed by atoms with E-state index in [1.54, 1.807) is 0 Å². The fourth-order valence-corrected chi connectivity index (χ4v) is 3.07. The molecule has 0 aliphatic carbocycles. The standard InChI is InChI=1S/C14H27N3O/c1-3-7-13-15-12(4-2)14(18)17(13)11-10-16-8-5-6-9-16/h12-13,15H,3-11H2,1-2H3. The highest BCUT2D eigenvalue weighted by atomic mass is 16.2. The fourth-order valence-electron chi connectivity index (χ4n) is 3.07.